The van der Waals surface area contributed by atoms with E-state index >= 15 is 0 Å². The average molecular weight is 288 g/mol. The second-order valence-corrected chi connectivity index (χ2v) is 6.02. The highest BCUT2D eigenvalue weighted by Gasteiger charge is 2.24. The molecule has 0 aliphatic carbocycles. The largest absolute Gasteiger partial charge is 0.315 e. The van der Waals surface area contributed by atoms with Crippen LogP contribution in [0.25, 0.3) is 0 Å². The third-order valence-electron chi connectivity index (χ3n) is 4.32. The molecule has 1 heterocycles. The molecule has 116 valence electrons. The molecule has 1 unspecified atom stereocenters. The number of amides is 1. The maximum Gasteiger partial charge on any atom is 0.231 e. The highest BCUT2D eigenvalue weighted by Crippen LogP contribution is 2.31. The van der Waals surface area contributed by atoms with Crippen molar-refractivity contribution in [2.45, 2.75) is 58.4 Å². The SMILES string of the molecule is CCCCCC(NCCC)c1ccc2c(c1)CC(=O)N2C. The Hall–Kier alpha value is -1.35. The van der Waals surface area contributed by atoms with Gasteiger partial charge in [-0.2, -0.15) is 0 Å². The number of fused-ring (bicyclic) bond motifs is 1. The van der Waals surface area contributed by atoms with Crippen LogP contribution in [0.4, 0.5) is 5.69 Å². The molecule has 0 bridgehead atoms. The Morgan fingerprint density at radius 3 is 2.76 bits per heavy atom. The van der Waals surface area contributed by atoms with Crippen molar-refractivity contribution in [3.63, 3.8) is 0 Å². The standard InChI is InChI=1S/C18H28N2O/c1-4-6-7-8-16(19-11-5-2)14-9-10-17-15(12-14)13-18(21)20(17)3/h9-10,12,16,19H,4-8,11,13H2,1-3H3. The maximum absolute atomic E-state index is 11.8. The van der Waals surface area contributed by atoms with E-state index in [0.717, 1.165) is 18.7 Å². The zero-order valence-corrected chi connectivity index (χ0v) is 13.6. The lowest BCUT2D eigenvalue weighted by Gasteiger charge is -2.20. The first-order valence-electron chi connectivity index (χ1n) is 8.30. The number of benzene rings is 1. The minimum Gasteiger partial charge on any atom is -0.315 e. The molecule has 0 fully saturated rings. The van der Waals surface area contributed by atoms with E-state index in [1.54, 1.807) is 4.90 Å². The van der Waals surface area contributed by atoms with Gasteiger partial charge in [-0.1, -0.05) is 45.2 Å². The van der Waals surface area contributed by atoms with Crippen LogP contribution in [-0.4, -0.2) is 19.5 Å². The summed E-state index contributed by atoms with van der Waals surface area (Å²) in [6.07, 6.45) is 6.68. The van der Waals surface area contributed by atoms with E-state index in [1.165, 1.54) is 36.8 Å². The number of nitrogens with zero attached hydrogens (tertiary/aromatic N) is 1. The smallest absolute Gasteiger partial charge is 0.231 e. The van der Waals surface area contributed by atoms with Crippen molar-refractivity contribution >= 4 is 11.6 Å². The molecule has 1 aliphatic rings. The van der Waals surface area contributed by atoms with Crippen LogP contribution in [0.5, 0.6) is 0 Å². The van der Waals surface area contributed by atoms with Crippen LogP contribution in [0.3, 0.4) is 0 Å². The molecular weight excluding hydrogens is 260 g/mol. The lowest BCUT2D eigenvalue weighted by molar-refractivity contribution is -0.117. The Labute approximate surface area is 128 Å². The predicted octanol–water partition coefficient (Wildman–Crippen LogP) is 3.83. The predicted molar refractivity (Wildman–Crippen MR) is 88.7 cm³/mol. The van der Waals surface area contributed by atoms with Gasteiger partial charge in [0.1, 0.15) is 0 Å². The monoisotopic (exact) mass is 288 g/mol. The minimum atomic E-state index is 0.200. The van der Waals surface area contributed by atoms with Gasteiger partial charge in [-0.05, 0) is 36.6 Å². The van der Waals surface area contributed by atoms with E-state index in [-0.39, 0.29) is 5.91 Å². The van der Waals surface area contributed by atoms with Crippen molar-refractivity contribution in [3.8, 4) is 0 Å². The molecule has 1 atom stereocenters. The maximum atomic E-state index is 11.8. The summed E-state index contributed by atoms with van der Waals surface area (Å²) in [7, 11) is 1.86. The first-order valence-corrected chi connectivity index (χ1v) is 8.30. The molecule has 3 heteroatoms. The Kier molecular flexibility index (Phi) is 5.80. The molecule has 1 amide bonds. The lowest BCUT2D eigenvalue weighted by atomic mass is 9.97. The molecule has 21 heavy (non-hydrogen) atoms. The second kappa shape index (κ2) is 7.60. The Morgan fingerprint density at radius 2 is 2.05 bits per heavy atom. The van der Waals surface area contributed by atoms with Crippen LogP contribution >= 0.6 is 0 Å². The van der Waals surface area contributed by atoms with Crippen LogP contribution in [0.15, 0.2) is 18.2 Å². The topological polar surface area (TPSA) is 32.3 Å². The molecule has 1 aromatic rings. The van der Waals surface area contributed by atoms with Crippen LogP contribution in [0.2, 0.25) is 0 Å². The number of unbranched alkanes of at least 4 members (excludes halogenated alkanes) is 2. The summed E-state index contributed by atoms with van der Waals surface area (Å²) in [5, 5.41) is 3.66. The summed E-state index contributed by atoms with van der Waals surface area (Å²) in [4.78, 5) is 13.6. The van der Waals surface area contributed by atoms with E-state index in [4.69, 9.17) is 0 Å². The number of likely N-dealkylation sites (N-methyl/N-ethyl adjacent to an activating group) is 1. The van der Waals surface area contributed by atoms with E-state index in [1.807, 2.05) is 7.05 Å². The number of hydrogen-bond donors (Lipinski definition) is 1. The number of nitrogens with one attached hydrogen (secondary N) is 1. The molecule has 3 nitrogen and oxygen atoms in total. The van der Waals surface area contributed by atoms with Crippen molar-refractivity contribution in [2.75, 3.05) is 18.5 Å². The van der Waals surface area contributed by atoms with Gasteiger partial charge in [0.05, 0.1) is 6.42 Å². The van der Waals surface area contributed by atoms with Gasteiger partial charge in [-0.25, -0.2) is 0 Å². The fourth-order valence-electron chi connectivity index (χ4n) is 3.01. The molecular formula is C18H28N2O. The van der Waals surface area contributed by atoms with E-state index < -0.39 is 0 Å². The van der Waals surface area contributed by atoms with E-state index in [0.29, 0.717) is 12.5 Å². The van der Waals surface area contributed by atoms with Gasteiger partial charge in [0, 0.05) is 18.8 Å². The Balaban J connectivity index is 2.12. The minimum absolute atomic E-state index is 0.200. The zero-order chi connectivity index (χ0) is 15.2. The third kappa shape index (κ3) is 3.85. The highest BCUT2D eigenvalue weighted by atomic mass is 16.2. The van der Waals surface area contributed by atoms with Crippen LogP contribution in [-0.2, 0) is 11.2 Å². The molecule has 1 aliphatic heterocycles. The second-order valence-electron chi connectivity index (χ2n) is 6.02. The number of carbonyl (C=O) groups is 1. The fraction of sp³-hybridized carbons (Fsp3) is 0.611. The molecule has 0 aromatic heterocycles. The summed E-state index contributed by atoms with van der Waals surface area (Å²) in [6, 6.07) is 6.95. The van der Waals surface area contributed by atoms with Gasteiger partial charge in [0.15, 0.2) is 0 Å². The molecule has 0 saturated heterocycles. The Bertz CT molecular complexity index is 484. The lowest BCUT2D eigenvalue weighted by Crippen LogP contribution is -2.22. The molecule has 0 radical (unpaired) electrons. The van der Waals surface area contributed by atoms with E-state index in [2.05, 4.69) is 37.4 Å². The summed E-state index contributed by atoms with van der Waals surface area (Å²) < 4.78 is 0. The van der Waals surface area contributed by atoms with Crippen LogP contribution in [0, 0.1) is 0 Å². The van der Waals surface area contributed by atoms with Crippen molar-refractivity contribution in [1.29, 1.82) is 0 Å². The van der Waals surface area contributed by atoms with Crippen LogP contribution < -0.4 is 10.2 Å². The number of anilines is 1. The summed E-state index contributed by atoms with van der Waals surface area (Å²) in [6.45, 7) is 5.49. The summed E-state index contributed by atoms with van der Waals surface area (Å²) >= 11 is 0. The Morgan fingerprint density at radius 1 is 1.24 bits per heavy atom. The first-order chi connectivity index (χ1) is 10.2. The zero-order valence-electron chi connectivity index (χ0n) is 13.6. The first kappa shape index (κ1) is 16.0. The highest BCUT2D eigenvalue weighted by molar-refractivity contribution is 6.00. The number of hydrogen-bond acceptors (Lipinski definition) is 2. The van der Waals surface area contributed by atoms with Crippen molar-refractivity contribution in [3.05, 3.63) is 29.3 Å². The van der Waals surface area contributed by atoms with Gasteiger partial charge in [0.2, 0.25) is 5.91 Å². The molecule has 1 N–H and O–H groups in total. The molecule has 0 saturated carbocycles. The number of carbonyl (C=O) groups excluding carboxylic acids is 1. The van der Waals surface area contributed by atoms with Crippen molar-refractivity contribution in [2.24, 2.45) is 0 Å². The average Bonchev–Trinajstić information content (AvgIpc) is 2.77. The van der Waals surface area contributed by atoms with Gasteiger partial charge in [0.25, 0.3) is 0 Å². The van der Waals surface area contributed by atoms with Crippen LogP contribution in [0.1, 0.15) is 63.1 Å². The fourth-order valence-corrected chi connectivity index (χ4v) is 3.01. The summed E-state index contributed by atoms with van der Waals surface area (Å²) in [5.74, 6) is 0.200. The quantitative estimate of drug-likeness (QED) is 0.737. The van der Waals surface area contributed by atoms with Crippen molar-refractivity contribution in [1.82, 2.24) is 5.32 Å². The van der Waals surface area contributed by atoms with E-state index in [9.17, 15) is 4.79 Å². The van der Waals surface area contributed by atoms with Gasteiger partial charge >= 0.3 is 0 Å². The molecule has 0 spiro atoms. The summed E-state index contributed by atoms with van der Waals surface area (Å²) in [5.41, 5.74) is 3.59. The van der Waals surface area contributed by atoms with Gasteiger partial charge < -0.3 is 10.2 Å². The molecule has 2 rings (SSSR count). The van der Waals surface area contributed by atoms with Gasteiger partial charge in [-0.3, -0.25) is 4.79 Å². The third-order valence-corrected chi connectivity index (χ3v) is 4.32. The molecule has 1 aromatic carbocycles. The normalized spacial score (nSPS) is 15.4. The van der Waals surface area contributed by atoms with Gasteiger partial charge in [-0.15, -0.1) is 0 Å². The van der Waals surface area contributed by atoms with Crippen molar-refractivity contribution < 1.29 is 4.79 Å². The number of rotatable bonds is 8.